The summed E-state index contributed by atoms with van der Waals surface area (Å²) < 4.78 is 30.0. The average molecular weight is 448 g/mol. The average Bonchev–Trinajstić information content (AvgIpc) is 3.14. The van der Waals surface area contributed by atoms with E-state index in [1.807, 2.05) is 6.07 Å². The van der Waals surface area contributed by atoms with Crippen LogP contribution in [0.1, 0.15) is 37.0 Å². The van der Waals surface area contributed by atoms with Crippen LogP contribution in [-0.4, -0.2) is 39.9 Å². The Morgan fingerprint density at radius 1 is 1.27 bits per heavy atom. The monoisotopic (exact) mass is 447 g/mol. The maximum Gasteiger partial charge on any atom is 0.325 e. The molecule has 1 saturated carbocycles. The SMILES string of the molecule is CC(O)c1cnn(-c2ccc(S(=O)(=O)NC3(C(=O)O)C(C)[C@@H]3c3ccccc3)s2)c1. The molecule has 1 aromatic carbocycles. The van der Waals surface area contributed by atoms with E-state index in [1.165, 1.54) is 16.9 Å². The Bertz CT molecular complexity index is 1190. The van der Waals surface area contributed by atoms with Crippen LogP contribution < -0.4 is 4.72 Å². The summed E-state index contributed by atoms with van der Waals surface area (Å²) in [5.41, 5.74) is -0.201. The quantitative estimate of drug-likeness (QED) is 0.512. The first-order valence-electron chi connectivity index (χ1n) is 9.32. The van der Waals surface area contributed by atoms with Gasteiger partial charge in [-0.3, -0.25) is 4.79 Å². The highest BCUT2D eigenvalue weighted by Crippen LogP contribution is 2.58. The third-order valence-electron chi connectivity index (χ3n) is 5.56. The highest BCUT2D eigenvalue weighted by atomic mass is 32.2. The molecule has 0 aliphatic heterocycles. The summed E-state index contributed by atoms with van der Waals surface area (Å²) in [7, 11) is -4.07. The smallest absolute Gasteiger partial charge is 0.325 e. The summed E-state index contributed by atoms with van der Waals surface area (Å²) in [5.74, 6) is -2.05. The summed E-state index contributed by atoms with van der Waals surface area (Å²) in [4.78, 5) is 12.1. The fourth-order valence-corrected chi connectivity index (χ4v) is 6.51. The Balaban J connectivity index is 1.62. The topological polar surface area (TPSA) is 122 Å². The van der Waals surface area contributed by atoms with Gasteiger partial charge in [0, 0.05) is 17.7 Å². The van der Waals surface area contributed by atoms with Crippen LogP contribution in [0.2, 0.25) is 0 Å². The molecule has 3 aromatic rings. The van der Waals surface area contributed by atoms with E-state index in [4.69, 9.17) is 0 Å². The molecule has 2 heterocycles. The number of nitrogens with one attached hydrogen (secondary N) is 1. The van der Waals surface area contributed by atoms with Gasteiger partial charge in [0.05, 0.1) is 12.3 Å². The highest BCUT2D eigenvalue weighted by Gasteiger charge is 2.70. The lowest BCUT2D eigenvalue weighted by Crippen LogP contribution is -2.45. The Morgan fingerprint density at radius 3 is 2.57 bits per heavy atom. The zero-order valence-electron chi connectivity index (χ0n) is 16.3. The van der Waals surface area contributed by atoms with Crippen molar-refractivity contribution in [3.8, 4) is 5.00 Å². The predicted octanol–water partition coefficient (Wildman–Crippen LogP) is 2.52. The van der Waals surface area contributed by atoms with Crippen LogP contribution in [0.15, 0.2) is 59.1 Å². The van der Waals surface area contributed by atoms with Crippen molar-refractivity contribution in [2.45, 2.75) is 35.6 Å². The third-order valence-corrected chi connectivity index (χ3v) is 8.61. The molecule has 3 unspecified atom stereocenters. The van der Waals surface area contributed by atoms with Crippen LogP contribution in [0, 0.1) is 5.92 Å². The molecule has 1 aliphatic rings. The molecule has 2 aromatic heterocycles. The number of benzene rings is 1. The minimum atomic E-state index is -4.07. The maximum absolute atomic E-state index is 13.0. The number of aliphatic hydroxyl groups excluding tert-OH is 1. The van der Waals surface area contributed by atoms with Crippen molar-refractivity contribution in [2.75, 3.05) is 0 Å². The molecule has 158 valence electrons. The minimum absolute atomic E-state index is 0.00173. The van der Waals surface area contributed by atoms with Crippen molar-refractivity contribution >= 4 is 27.3 Å². The molecule has 1 aliphatic carbocycles. The first-order valence-corrected chi connectivity index (χ1v) is 11.6. The van der Waals surface area contributed by atoms with Crippen LogP contribution in [0.25, 0.3) is 5.00 Å². The number of thiophene rings is 1. The molecule has 30 heavy (non-hydrogen) atoms. The van der Waals surface area contributed by atoms with E-state index in [0.717, 1.165) is 16.9 Å². The van der Waals surface area contributed by atoms with Gasteiger partial charge in [-0.1, -0.05) is 37.3 Å². The van der Waals surface area contributed by atoms with Gasteiger partial charge in [0.1, 0.15) is 14.7 Å². The number of rotatable bonds is 7. The zero-order valence-corrected chi connectivity index (χ0v) is 17.9. The van der Waals surface area contributed by atoms with Gasteiger partial charge in [-0.2, -0.15) is 9.82 Å². The lowest BCUT2D eigenvalue weighted by molar-refractivity contribution is -0.140. The molecule has 1 fully saturated rings. The first-order chi connectivity index (χ1) is 14.2. The molecule has 0 saturated heterocycles. The number of carboxylic acids is 1. The Labute approximate surface area is 177 Å². The van der Waals surface area contributed by atoms with Gasteiger partial charge in [-0.25, -0.2) is 13.1 Å². The van der Waals surface area contributed by atoms with Crippen LogP contribution in [0.3, 0.4) is 0 Å². The van der Waals surface area contributed by atoms with Crippen molar-refractivity contribution in [2.24, 2.45) is 5.92 Å². The first kappa shape index (κ1) is 20.7. The number of aromatic nitrogens is 2. The van der Waals surface area contributed by atoms with Gasteiger partial charge >= 0.3 is 5.97 Å². The second-order valence-electron chi connectivity index (χ2n) is 7.44. The molecule has 3 N–H and O–H groups in total. The molecule has 10 heteroatoms. The highest BCUT2D eigenvalue weighted by molar-refractivity contribution is 7.91. The summed E-state index contributed by atoms with van der Waals surface area (Å²) in [6, 6.07) is 12.1. The fraction of sp³-hybridized carbons (Fsp3) is 0.300. The second-order valence-corrected chi connectivity index (χ2v) is 10.4. The van der Waals surface area contributed by atoms with Crippen molar-refractivity contribution < 1.29 is 23.4 Å². The molecule has 4 rings (SSSR count). The van der Waals surface area contributed by atoms with Crippen molar-refractivity contribution in [1.29, 1.82) is 0 Å². The number of hydrogen-bond acceptors (Lipinski definition) is 6. The Kier molecular flexibility index (Phi) is 5.05. The Hall–Kier alpha value is -2.53. The van der Waals surface area contributed by atoms with Gasteiger partial charge in [0.2, 0.25) is 0 Å². The molecule has 0 radical (unpaired) electrons. The van der Waals surface area contributed by atoms with Crippen LogP contribution in [0.5, 0.6) is 0 Å². The number of aliphatic carboxylic acids is 1. The standard InChI is InChI=1S/C20H21N3O5S2/c1-12-18(14-6-4-3-5-7-14)20(12,19(25)26)22-30(27,28)17-9-8-16(29-17)23-11-15(10-21-23)13(2)24/h3-13,18,22,24H,1-2H3,(H,25,26)/t12?,13?,18-,20?/m1/s1. The maximum atomic E-state index is 13.0. The molecular weight excluding hydrogens is 426 g/mol. The van der Waals surface area contributed by atoms with Crippen LogP contribution in [0.4, 0.5) is 0 Å². The van der Waals surface area contributed by atoms with E-state index in [9.17, 15) is 23.4 Å². The number of sulfonamides is 1. The summed E-state index contributed by atoms with van der Waals surface area (Å²) in [5, 5.41) is 24.2. The van der Waals surface area contributed by atoms with E-state index >= 15 is 0 Å². The van der Waals surface area contributed by atoms with Gasteiger partial charge in [-0.05, 0) is 30.5 Å². The zero-order chi connectivity index (χ0) is 21.7. The van der Waals surface area contributed by atoms with Crippen molar-refractivity contribution in [1.82, 2.24) is 14.5 Å². The number of hydrogen-bond donors (Lipinski definition) is 3. The summed E-state index contributed by atoms with van der Waals surface area (Å²) in [6.07, 6.45) is 2.44. The van der Waals surface area contributed by atoms with Crippen molar-refractivity contribution in [3.63, 3.8) is 0 Å². The third kappa shape index (κ3) is 3.35. The number of aliphatic hydroxyl groups is 1. The van der Waals surface area contributed by atoms with E-state index in [2.05, 4.69) is 9.82 Å². The van der Waals surface area contributed by atoms with Crippen LogP contribution >= 0.6 is 11.3 Å². The number of nitrogens with zero attached hydrogens (tertiary/aromatic N) is 2. The molecule has 0 amide bonds. The van der Waals surface area contributed by atoms with E-state index in [1.54, 1.807) is 50.4 Å². The van der Waals surface area contributed by atoms with E-state index < -0.39 is 39.5 Å². The lowest BCUT2D eigenvalue weighted by atomic mass is 10.1. The lowest BCUT2D eigenvalue weighted by Gasteiger charge is -2.15. The summed E-state index contributed by atoms with van der Waals surface area (Å²) >= 11 is 0.972. The Morgan fingerprint density at radius 2 is 1.97 bits per heavy atom. The minimum Gasteiger partial charge on any atom is -0.480 e. The normalized spacial score (nSPS) is 24.5. The number of carboxylic acid groups (broad SMARTS) is 1. The van der Waals surface area contributed by atoms with E-state index in [0.29, 0.717) is 10.6 Å². The number of carbonyl (C=O) groups is 1. The van der Waals surface area contributed by atoms with E-state index in [-0.39, 0.29) is 4.21 Å². The fourth-order valence-electron chi connectivity index (χ4n) is 3.82. The van der Waals surface area contributed by atoms with Crippen molar-refractivity contribution in [3.05, 3.63) is 66.0 Å². The molecule has 8 nitrogen and oxygen atoms in total. The second kappa shape index (κ2) is 7.31. The summed E-state index contributed by atoms with van der Waals surface area (Å²) in [6.45, 7) is 3.34. The molecule has 4 atom stereocenters. The largest absolute Gasteiger partial charge is 0.480 e. The van der Waals surface area contributed by atoms with Gasteiger partial charge in [0.25, 0.3) is 10.0 Å². The predicted molar refractivity (Wildman–Crippen MR) is 111 cm³/mol. The molecular formula is C20H21N3O5S2. The van der Waals surface area contributed by atoms with Gasteiger partial charge in [-0.15, -0.1) is 11.3 Å². The molecule has 0 bridgehead atoms. The van der Waals surface area contributed by atoms with Gasteiger partial charge < -0.3 is 10.2 Å². The molecule has 0 spiro atoms. The van der Waals surface area contributed by atoms with Gasteiger partial charge in [0.15, 0.2) is 0 Å². The van der Waals surface area contributed by atoms with Crippen LogP contribution in [-0.2, 0) is 14.8 Å².